The molecule has 0 aliphatic carbocycles. The molecule has 0 radical (unpaired) electrons. The molecule has 3 aromatic rings. The van der Waals surface area contributed by atoms with Gasteiger partial charge in [0.1, 0.15) is 5.69 Å². The summed E-state index contributed by atoms with van der Waals surface area (Å²) < 4.78 is 4.95. The standard InChI is InChI=1S/C17H18N4O4S/c1-3-13-20-11(8-26-13)16(23)18-7-9(2)19-15(22)10-5-4-6-12-14(10)21-17(24)25-12/h4-6,8-9H,3,7H2,1-2H3,(H,18,23)(H,19,22)(H,21,24). The molecule has 1 aromatic carbocycles. The number of aromatic nitrogens is 2. The van der Waals surface area contributed by atoms with E-state index in [1.807, 2.05) is 6.92 Å². The van der Waals surface area contributed by atoms with E-state index in [1.54, 1.807) is 30.5 Å². The molecule has 0 saturated heterocycles. The highest BCUT2D eigenvalue weighted by Crippen LogP contribution is 2.15. The van der Waals surface area contributed by atoms with Crippen LogP contribution in [0, 0.1) is 0 Å². The zero-order valence-electron chi connectivity index (χ0n) is 14.3. The number of hydrogen-bond acceptors (Lipinski definition) is 6. The van der Waals surface area contributed by atoms with Crippen LogP contribution in [0.5, 0.6) is 0 Å². The van der Waals surface area contributed by atoms with E-state index >= 15 is 0 Å². The number of thiazole rings is 1. The van der Waals surface area contributed by atoms with E-state index in [-0.39, 0.29) is 24.4 Å². The van der Waals surface area contributed by atoms with Gasteiger partial charge < -0.3 is 15.1 Å². The number of carbonyl (C=O) groups is 2. The van der Waals surface area contributed by atoms with Crippen molar-refractivity contribution in [3.05, 3.63) is 50.4 Å². The second kappa shape index (κ2) is 7.52. The third kappa shape index (κ3) is 3.83. The molecular formula is C17H18N4O4S. The molecule has 0 bridgehead atoms. The van der Waals surface area contributed by atoms with Crippen LogP contribution in [0.15, 0.2) is 32.8 Å². The summed E-state index contributed by atoms with van der Waals surface area (Å²) in [5.74, 6) is -1.25. The van der Waals surface area contributed by atoms with Crippen LogP contribution in [-0.4, -0.2) is 34.4 Å². The molecule has 2 aromatic heterocycles. The smallest absolute Gasteiger partial charge is 0.408 e. The number of oxazole rings is 1. The van der Waals surface area contributed by atoms with Gasteiger partial charge in [0, 0.05) is 18.0 Å². The Kier molecular flexibility index (Phi) is 5.17. The van der Waals surface area contributed by atoms with Gasteiger partial charge in [0.25, 0.3) is 11.8 Å². The molecule has 8 nitrogen and oxygen atoms in total. The molecule has 0 spiro atoms. The maximum atomic E-state index is 12.4. The Morgan fingerprint density at radius 1 is 1.35 bits per heavy atom. The third-order valence-corrected chi connectivity index (χ3v) is 4.73. The van der Waals surface area contributed by atoms with E-state index in [9.17, 15) is 14.4 Å². The van der Waals surface area contributed by atoms with Crippen LogP contribution in [0.1, 0.15) is 39.7 Å². The zero-order valence-corrected chi connectivity index (χ0v) is 15.1. The molecule has 0 aliphatic rings. The maximum absolute atomic E-state index is 12.4. The third-order valence-electron chi connectivity index (χ3n) is 3.73. The number of carbonyl (C=O) groups excluding carboxylic acids is 2. The zero-order chi connectivity index (χ0) is 18.7. The number of fused-ring (bicyclic) bond motifs is 1. The number of aryl methyl sites for hydroxylation is 1. The molecule has 3 N–H and O–H groups in total. The van der Waals surface area contributed by atoms with Crippen LogP contribution < -0.4 is 16.4 Å². The summed E-state index contributed by atoms with van der Waals surface area (Å²) in [6, 6.07) is 4.51. The molecule has 0 saturated carbocycles. The molecule has 9 heteroatoms. The lowest BCUT2D eigenvalue weighted by atomic mass is 10.1. The first-order valence-electron chi connectivity index (χ1n) is 8.13. The largest absolute Gasteiger partial charge is 0.417 e. The monoisotopic (exact) mass is 374 g/mol. The Bertz CT molecular complexity index is 1000. The van der Waals surface area contributed by atoms with E-state index in [2.05, 4.69) is 20.6 Å². The molecule has 1 atom stereocenters. The van der Waals surface area contributed by atoms with Gasteiger partial charge in [0.2, 0.25) is 0 Å². The van der Waals surface area contributed by atoms with Crippen LogP contribution in [0.4, 0.5) is 0 Å². The summed E-state index contributed by atoms with van der Waals surface area (Å²) in [7, 11) is 0. The highest BCUT2D eigenvalue weighted by atomic mass is 32.1. The number of rotatable bonds is 6. The van der Waals surface area contributed by atoms with E-state index in [0.717, 1.165) is 11.4 Å². The van der Waals surface area contributed by atoms with Crippen molar-refractivity contribution in [2.75, 3.05) is 6.54 Å². The summed E-state index contributed by atoms with van der Waals surface area (Å²) in [5.41, 5.74) is 1.35. The SMILES string of the molecule is CCc1nc(C(=O)NCC(C)NC(=O)c2cccc3oc(=O)[nH]c23)cs1. The molecule has 26 heavy (non-hydrogen) atoms. The highest BCUT2D eigenvalue weighted by Gasteiger charge is 2.16. The van der Waals surface area contributed by atoms with Crippen molar-refractivity contribution in [1.82, 2.24) is 20.6 Å². The van der Waals surface area contributed by atoms with Crippen LogP contribution >= 0.6 is 11.3 Å². The number of nitrogens with zero attached hydrogens (tertiary/aromatic N) is 1. The van der Waals surface area contributed by atoms with Gasteiger partial charge >= 0.3 is 5.76 Å². The maximum Gasteiger partial charge on any atom is 0.417 e. The lowest BCUT2D eigenvalue weighted by Crippen LogP contribution is -2.42. The normalized spacial score (nSPS) is 12.1. The summed E-state index contributed by atoms with van der Waals surface area (Å²) in [6.07, 6.45) is 0.784. The number of amides is 2. The van der Waals surface area contributed by atoms with Gasteiger partial charge in [-0.1, -0.05) is 13.0 Å². The van der Waals surface area contributed by atoms with E-state index in [1.165, 1.54) is 11.3 Å². The summed E-state index contributed by atoms with van der Waals surface area (Å²) >= 11 is 1.44. The Morgan fingerprint density at radius 3 is 2.88 bits per heavy atom. The lowest BCUT2D eigenvalue weighted by Gasteiger charge is -2.14. The number of aromatic amines is 1. The first kappa shape index (κ1) is 17.9. The van der Waals surface area contributed by atoms with Crippen molar-refractivity contribution in [3.8, 4) is 0 Å². The molecule has 0 fully saturated rings. The number of hydrogen-bond donors (Lipinski definition) is 3. The number of H-pyrrole nitrogens is 1. The van der Waals surface area contributed by atoms with Crippen molar-refractivity contribution in [3.63, 3.8) is 0 Å². The topological polar surface area (TPSA) is 117 Å². The van der Waals surface area contributed by atoms with Gasteiger partial charge in [-0.3, -0.25) is 14.6 Å². The fraction of sp³-hybridized carbons (Fsp3) is 0.294. The van der Waals surface area contributed by atoms with E-state index < -0.39 is 5.76 Å². The average Bonchev–Trinajstić information content (AvgIpc) is 3.24. The summed E-state index contributed by atoms with van der Waals surface area (Å²) in [5, 5.41) is 8.15. The molecular weight excluding hydrogens is 356 g/mol. The molecule has 3 rings (SSSR count). The Labute approximate surface area is 152 Å². The van der Waals surface area contributed by atoms with Crippen molar-refractivity contribution in [2.45, 2.75) is 26.3 Å². The molecule has 2 heterocycles. The van der Waals surface area contributed by atoms with Crippen LogP contribution in [0.25, 0.3) is 11.1 Å². The molecule has 1 unspecified atom stereocenters. The second-order valence-corrected chi connectivity index (χ2v) is 6.70. The minimum absolute atomic E-state index is 0.251. The Hall–Kier alpha value is -2.94. The lowest BCUT2D eigenvalue weighted by molar-refractivity contribution is 0.0911. The van der Waals surface area contributed by atoms with Gasteiger partial charge in [-0.15, -0.1) is 11.3 Å². The van der Waals surface area contributed by atoms with Crippen molar-refractivity contribution in [2.24, 2.45) is 0 Å². The Balaban J connectivity index is 1.60. The first-order valence-corrected chi connectivity index (χ1v) is 9.01. The van der Waals surface area contributed by atoms with Gasteiger partial charge in [0.15, 0.2) is 5.58 Å². The van der Waals surface area contributed by atoms with Crippen molar-refractivity contribution in [1.29, 1.82) is 0 Å². The minimum atomic E-state index is -0.615. The van der Waals surface area contributed by atoms with Gasteiger partial charge in [-0.25, -0.2) is 9.78 Å². The predicted octanol–water partition coefficient (Wildman–Crippen LogP) is 1.69. The number of nitrogens with one attached hydrogen (secondary N) is 3. The average molecular weight is 374 g/mol. The fourth-order valence-corrected chi connectivity index (χ4v) is 3.15. The first-order chi connectivity index (χ1) is 12.5. The summed E-state index contributed by atoms with van der Waals surface area (Å²) in [6.45, 7) is 4.00. The van der Waals surface area contributed by atoms with Crippen LogP contribution in [0.2, 0.25) is 0 Å². The fourth-order valence-electron chi connectivity index (χ4n) is 2.43. The number of para-hydroxylation sites is 1. The van der Waals surface area contributed by atoms with Crippen LogP contribution in [-0.2, 0) is 6.42 Å². The summed E-state index contributed by atoms with van der Waals surface area (Å²) in [4.78, 5) is 42.6. The minimum Gasteiger partial charge on any atom is -0.408 e. The van der Waals surface area contributed by atoms with Crippen LogP contribution in [0.3, 0.4) is 0 Å². The highest BCUT2D eigenvalue weighted by molar-refractivity contribution is 7.09. The van der Waals surface area contributed by atoms with Gasteiger partial charge in [-0.05, 0) is 25.5 Å². The van der Waals surface area contributed by atoms with E-state index in [0.29, 0.717) is 22.4 Å². The molecule has 2 amide bonds. The van der Waals surface area contributed by atoms with Crippen molar-refractivity contribution < 1.29 is 14.0 Å². The van der Waals surface area contributed by atoms with Gasteiger partial charge in [-0.2, -0.15) is 0 Å². The Morgan fingerprint density at radius 2 is 2.15 bits per heavy atom. The molecule has 0 aliphatic heterocycles. The number of benzene rings is 1. The second-order valence-electron chi connectivity index (χ2n) is 5.76. The van der Waals surface area contributed by atoms with Crippen molar-refractivity contribution >= 4 is 34.3 Å². The van der Waals surface area contributed by atoms with E-state index in [4.69, 9.17) is 4.42 Å². The molecule has 136 valence electrons. The predicted molar refractivity (Wildman–Crippen MR) is 97.6 cm³/mol. The quantitative estimate of drug-likeness (QED) is 0.607. The van der Waals surface area contributed by atoms with Gasteiger partial charge in [0.05, 0.1) is 16.1 Å².